The van der Waals surface area contributed by atoms with Crippen molar-refractivity contribution in [2.45, 2.75) is 40.3 Å². The highest BCUT2D eigenvalue weighted by Gasteiger charge is 1.99. The van der Waals surface area contributed by atoms with E-state index >= 15 is 0 Å². The fourth-order valence-corrected chi connectivity index (χ4v) is 1.31. The maximum Gasteiger partial charge on any atom is 0.144 e. The van der Waals surface area contributed by atoms with Crippen molar-refractivity contribution in [2.24, 2.45) is 5.92 Å². The number of nitrogens with zero attached hydrogens (tertiary/aromatic N) is 2. The molecule has 16 heavy (non-hydrogen) atoms. The van der Waals surface area contributed by atoms with E-state index in [4.69, 9.17) is 0 Å². The lowest BCUT2D eigenvalue weighted by molar-refractivity contribution is 0.547. The quantitative estimate of drug-likeness (QED) is 0.773. The average Bonchev–Trinajstić information content (AvgIpc) is 2.19. The van der Waals surface area contributed by atoms with Gasteiger partial charge in [-0.25, -0.2) is 4.98 Å². The molecule has 0 atom stereocenters. The van der Waals surface area contributed by atoms with Crippen LogP contribution in [0, 0.1) is 5.92 Å². The number of hydrogen-bond acceptors (Lipinski definition) is 4. The molecule has 1 heterocycles. The summed E-state index contributed by atoms with van der Waals surface area (Å²) < 4.78 is 0. The van der Waals surface area contributed by atoms with Gasteiger partial charge in [0.05, 0.1) is 18.1 Å². The first-order valence-corrected chi connectivity index (χ1v) is 5.86. The molecule has 0 aliphatic rings. The molecule has 1 aromatic heterocycles. The number of hydrogen-bond donors (Lipinski definition) is 2. The standard InChI is InChI=1S/C12H22N4/c1-9(2)5-13-6-11-7-15-12(8-14-11)16-10(3)4/h7-10,13H,5-6H2,1-4H3,(H,15,16). The highest BCUT2D eigenvalue weighted by Crippen LogP contribution is 2.02. The van der Waals surface area contributed by atoms with Crippen LogP contribution >= 0.6 is 0 Å². The van der Waals surface area contributed by atoms with Gasteiger partial charge in [-0.15, -0.1) is 0 Å². The Bertz CT molecular complexity index is 292. The fraction of sp³-hybridized carbons (Fsp3) is 0.667. The topological polar surface area (TPSA) is 49.8 Å². The van der Waals surface area contributed by atoms with Gasteiger partial charge < -0.3 is 10.6 Å². The van der Waals surface area contributed by atoms with Gasteiger partial charge in [0.15, 0.2) is 0 Å². The lowest BCUT2D eigenvalue weighted by Crippen LogP contribution is -2.20. The van der Waals surface area contributed by atoms with Crippen LogP contribution in [-0.2, 0) is 6.54 Å². The Labute approximate surface area is 97.9 Å². The van der Waals surface area contributed by atoms with E-state index in [2.05, 4.69) is 48.3 Å². The molecule has 0 radical (unpaired) electrons. The monoisotopic (exact) mass is 222 g/mol. The van der Waals surface area contributed by atoms with Gasteiger partial charge in [-0.05, 0) is 26.3 Å². The van der Waals surface area contributed by atoms with Crippen molar-refractivity contribution in [3.05, 3.63) is 18.1 Å². The van der Waals surface area contributed by atoms with Crippen LogP contribution in [0.1, 0.15) is 33.4 Å². The Morgan fingerprint density at radius 2 is 1.88 bits per heavy atom. The first kappa shape index (κ1) is 12.9. The minimum atomic E-state index is 0.388. The zero-order chi connectivity index (χ0) is 12.0. The smallest absolute Gasteiger partial charge is 0.144 e. The normalized spacial score (nSPS) is 11.1. The van der Waals surface area contributed by atoms with Crippen molar-refractivity contribution in [2.75, 3.05) is 11.9 Å². The third kappa shape index (κ3) is 5.07. The van der Waals surface area contributed by atoms with E-state index in [0.29, 0.717) is 12.0 Å². The van der Waals surface area contributed by atoms with E-state index in [1.54, 1.807) is 6.20 Å². The Kier molecular flexibility index (Phi) is 5.19. The van der Waals surface area contributed by atoms with Crippen LogP contribution in [0.4, 0.5) is 5.82 Å². The zero-order valence-corrected chi connectivity index (χ0v) is 10.6. The molecule has 4 nitrogen and oxygen atoms in total. The molecule has 0 saturated carbocycles. The van der Waals surface area contributed by atoms with Gasteiger partial charge in [-0.3, -0.25) is 4.98 Å². The zero-order valence-electron chi connectivity index (χ0n) is 10.6. The summed E-state index contributed by atoms with van der Waals surface area (Å²) in [6, 6.07) is 0.388. The summed E-state index contributed by atoms with van der Waals surface area (Å²) >= 11 is 0. The first-order chi connectivity index (χ1) is 7.58. The molecule has 0 aliphatic heterocycles. The van der Waals surface area contributed by atoms with Crippen molar-refractivity contribution in [3.63, 3.8) is 0 Å². The summed E-state index contributed by atoms with van der Waals surface area (Å²) in [7, 11) is 0. The van der Waals surface area contributed by atoms with Gasteiger partial charge in [-0.2, -0.15) is 0 Å². The van der Waals surface area contributed by atoms with Crippen molar-refractivity contribution in [1.29, 1.82) is 0 Å². The second kappa shape index (κ2) is 6.43. The highest BCUT2D eigenvalue weighted by atomic mass is 15.0. The van der Waals surface area contributed by atoms with Crippen LogP contribution in [0.15, 0.2) is 12.4 Å². The summed E-state index contributed by atoms with van der Waals surface area (Å²) in [5.41, 5.74) is 0.981. The van der Waals surface area contributed by atoms with E-state index in [-0.39, 0.29) is 0 Å². The number of aromatic nitrogens is 2. The van der Waals surface area contributed by atoms with Crippen LogP contribution < -0.4 is 10.6 Å². The van der Waals surface area contributed by atoms with E-state index in [9.17, 15) is 0 Å². The number of anilines is 1. The van der Waals surface area contributed by atoms with Gasteiger partial charge >= 0.3 is 0 Å². The molecule has 0 fully saturated rings. The largest absolute Gasteiger partial charge is 0.367 e. The molecule has 90 valence electrons. The van der Waals surface area contributed by atoms with Crippen LogP contribution in [0.25, 0.3) is 0 Å². The molecule has 1 aromatic rings. The fourth-order valence-electron chi connectivity index (χ4n) is 1.31. The third-order valence-electron chi connectivity index (χ3n) is 2.00. The molecular weight excluding hydrogens is 200 g/mol. The summed E-state index contributed by atoms with van der Waals surface area (Å²) in [5.74, 6) is 1.50. The molecule has 0 unspecified atom stereocenters. The Hall–Kier alpha value is -1.16. The molecule has 4 heteroatoms. The van der Waals surface area contributed by atoms with Crippen molar-refractivity contribution in [1.82, 2.24) is 15.3 Å². The molecule has 0 aliphatic carbocycles. The van der Waals surface area contributed by atoms with Crippen LogP contribution in [0.2, 0.25) is 0 Å². The van der Waals surface area contributed by atoms with E-state index in [1.165, 1.54) is 0 Å². The van der Waals surface area contributed by atoms with Crippen LogP contribution in [-0.4, -0.2) is 22.6 Å². The molecule has 0 bridgehead atoms. The molecule has 0 aromatic carbocycles. The van der Waals surface area contributed by atoms with Crippen LogP contribution in [0.3, 0.4) is 0 Å². The Balaban J connectivity index is 2.39. The second-order valence-electron chi connectivity index (χ2n) is 4.72. The number of nitrogens with one attached hydrogen (secondary N) is 2. The minimum absolute atomic E-state index is 0.388. The molecule has 0 saturated heterocycles. The Morgan fingerprint density at radius 3 is 2.38 bits per heavy atom. The van der Waals surface area contributed by atoms with Gasteiger partial charge in [0.1, 0.15) is 5.82 Å². The minimum Gasteiger partial charge on any atom is -0.367 e. The van der Waals surface area contributed by atoms with Crippen molar-refractivity contribution in [3.8, 4) is 0 Å². The second-order valence-corrected chi connectivity index (χ2v) is 4.72. The summed E-state index contributed by atoms with van der Waals surface area (Å²) in [5, 5.41) is 6.55. The summed E-state index contributed by atoms with van der Waals surface area (Å²) in [6.45, 7) is 10.3. The predicted octanol–water partition coefficient (Wildman–Crippen LogP) is 2.04. The first-order valence-electron chi connectivity index (χ1n) is 5.86. The Morgan fingerprint density at radius 1 is 1.12 bits per heavy atom. The van der Waals surface area contributed by atoms with Gasteiger partial charge in [-0.1, -0.05) is 13.8 Å². The average molecular weight is 222 g/mol. The predicted molar refractivity (Wildman–Crippen MR) is 67.3 cm³/mol. The van der Waals surface area contributed by atoms with Crippen molar-refractivity contribution < 1.29 is 0 Å². The maximum absolute atomic E-state index is 4.34. The number of rotatable bonds is 6. The van der Waals surface area contributed by atoms with E-state index in [1.807, 2.05) is 6.20 Å². The molecular formula is C12H22N4. The van der Waals surface area contributed by atoms with Crippen LogP contribution in [0.5, 0.6) is 0 Å². The van der Waals surface area contributed by atoms with Gasteiger partial charge in [0, 0.05) is 12.6 Å². The van der Waals surface area contributed by atoms with Crippen molar-refractivity contribution >= 4 is 5.82 Å². The van der Waals surface area contributed by atoms with Gasteiger partial charge in [0.2, 0.25) is 0 Å². The molecule has 2 N–H and O–H groups in total. The molecule has 0 amide bonds. The van der Waals surface area contributed by atoms with Gasteiger partial charge in [0.25, 0.3) is 0 Å². The maximum atomic E-state index is 4.34. The molecule has 1 rings (SSSR count). The molecule has 0 spiro atoms. The van der Waals surface area contributed by atoms with E-state index in [0.717, 1.165) is 24.6 Å². The highest BCUT2D eigenvalue weighted by molar-refractivity contribution is 5.31. The summed E-state index contributed by atoms with van der Waals surface area (Å²) in [4.78, 5) is 8.64. The lowest BCUT2D eigenvalue weighted by atomic mass is 10.2. The lowest BCUT2D eigenvalue weighted by Gasteiger charge is -2.09. The SMILES string of the molecule is CC(C)CNCc1cnc(NC(C)C)cn1. The van der Waals surface area contributed by atoms with E-state index < -0.39 is 0 Å². The third-order valence-corrected chi connectivity index (χ3v) is 2.00. The summed E-state index contributed by atoms with van der Waals surface area (Å²) in [6.07, 6.45) is 3.60.